The van der Waals surface area contributed by atoms with Gasteiger partial charge in [-0.25, -0.2) is 14.6 Å². The number of esters is 2. The number of aliphatic imine (C=N–C) groups is 1. The zero-order valence-corrected chi connectivity index (χ0v) is 18.6. The molecule has 2 aromatic rings. The molecule has 0 saturated heterocycles. The van der Waals surface area contributed by atoms with Gasteiger partial charge in [-0.15, -0.1) is 0 Å². The summed E-state index contributed by atoms with van der Waals surface area (Å²) in [5, 5.41) is 2.71. The Labute approximate surface area is 192 Å². The summed E-state index contributed by atoms with van der Waals surface area (Å²) in [6.45, 7) is 4.09. The molecule has 0 saturated carbocycles. The molecule has 174 valence electrons. The van der Waals surface area contributed by atoms with Gasteiger partial charge in [-0.05, 0) is 61.4 Å². The largest absolute Gasteiger partial charge is 0.449 e. The molecular formula is C24H28N4O5. The van der Waals surface area contributed by atoms with E-state index in [-0.39, 0.29) is 11.9 Å². The van der Waals surface area contributed by atoms with Crippen molar-refractivity contribution in [3.05, 3.63) is 65.7 Å². The molecule has 2 aromatic carbocycles. The zero-order valence-electron chi connectivity index (χ0n) is 18.6. The van der Waals surface area contributed by atoms with Gasteiger partial charge in [0.2, 0.25) is 0 Å². The lowest BCUT2D eigenvalue weighted by Gasteiger charge is -2.11. The smallest absolute Gasteiger partial charge is 0.343 e. The third-order valence-corrected chi connectivity index (χ3v) is 4.36. The molecule has 0 bridgehead atoms. The summed E-state index contributed by atoms with van der Waals surface area (Å²) in [4.78, 5) is 39.9. The minimum Gasteiger partial charge on any atom is -0.449 e. The van der Waals surface area contributed by atoms with E-state index in [9.17, 15) is 14.4 Å². The summed E-state index contributed by atoms with van der Waals surface area (Å²) in [7, 11) is 0. The van der Waals surface area contributed by atoms with Crippen molar-refractivity contribution >= 4 is 35.6 Å². The first kappa shape index (κ1) is 25.1. The molecule has 9 heteroatoms. The summed E-state index contributed by atoms with van der Waals surface area (Å²) >= 11 is 0. The lowest BCUT2D eigenvalue weighted by molar-refractivity contribution is -0.150. The van der Waals surface area contributed by atoms with E-state index in [1.54, 1.807) is 48.5 Å². The summed E-state index contributed by atoms with van der Waals surface area (Å²) in [6, 6.07) is 12.8. The Hall–Kier alpha value is -4.14. The summed E-state index contributed by atoms with van der Waals surface area (Å²) in [5.74, 6) is -1.24. The van der Waals surface area contributed by atoms with Crippen molar-refractivity contribution in [2.75, 3.05) is 6.54 Å². The van der Waals surface area contributed by atoms with Crippen molar-refractivity contribution in [1.29, 1.82) is 0 Å². The van der Waals surface area contributed by atoms with Crippen LogP contribution in [0.1, 0.15) is 42.6 Å². The fourth-order valence-corrected chi connectivity index (χ4v) is 2.60. The van der Waals surface area contributed by atoms with Crippen molar-refractivity contribution in [2.24, 2.45) is 16.5 Å². The molecule has 9 nitrogen and oxygen atoms in total. The molecule has 0 aliphatic rings. The summed E-state index contributed by atoms with van der Waals surface area (Å²) < 4.78 is 10.4. The van der Waals surface area contributed by atoms with E-state index in [4.69, 9.17) is 20.9 Å². The van der Waals surface area contributed by atoms with Crippen LogP contribution in [0.25, 0.3) is 6.08 Å². The lowest BCUT2D eigenvalue weighted by atomic mass is 10.2. The minimum absolute atomic E-state index is 0.0739. The quantitative estimate of drug-likeness (QED) is 0.125. The molecular weight excluding hydrogens is 424 g/mol. The second kappa shape index (κ2) is 12.7. The number of carbonyl (C=O) groups is 3. The topological polar surface area (TPSA) is 146 Å². The van der Waals surface area contributed by atoms with Crippen LogP contribution in [-0.2, 0) is 14.3 Å². The van der Waals surface area contributed by atoms with Crippen LogP contribution in [0.2, 0.25) is 0 Å². The van der Waals surface area contributed by atoms with Gasteiger partial charge in [-0.3, -0.25) is 4.79 Å². The molecule has 1 amide bonds. The van der Waals surface area contributed by atoms with Crippen molar-refractivity contribution < 1.29 is 23.9 Å². The van der Waals surface area contributed by atoms with Crippen LogP contribution in [0, 0.1) is 0 Å². The van der Waals surface area contributed by atoms with Crippen LogP contribution in [0.3, 0.4) is 0 Å². The number of hydrogen-bond donors (Lipinski definition) is 3. The molecule has 0 spiro atoms. The zero-order chi connectivity index (χ0) is 24.2. The van der Waals surface area contributed by atoms with Crippen molar-refractivity contribution in [2.45, 2.75) is 32.8 Å². The molecule has 0 heterocycles. The van der Waals surface area contributed by atoms with E-state index in [0.29, 0.717) is 29.1 Å². The van der Waals surface area contributed by atoms with Crippen LogP contribution < -0.4 is 21.5 Å². The third-order valence-electron chi connectivity index (χ3n) is 4.36. The minimum atomic E-state index is -0.880. The van der Waals surface area contributed by atoms with Crippen LogP contribution >= 0.6 is 0 Å². The summed E-state index contributed by atoms with van der Waals surface area (Å²) in [6.07, 6.45) is 3.72. The number of ether oxygens (including phenoxy) is 2. The second-order valence-electron chi connectivity index (χ2n) is 7.10. The molecule has 0 aliphatic carbocycles. The van der Waals surface area contributed by atoms with Gasteiger partial charge in [0.25, 0.3) is 5.91 Å². The second-order valence-corrected chi connectivity index (χ2v) is 7.10. The average molecular weight is 453 g/mol. The fraction of sp³-hybridized carbons (Fsp3) is 0.250. The fourth-order valence-electron chi connectivity index (χ4n) is 2.60. The molecule has 1 unspecified atom stereocenters. The van der Waals surface area contributed by atoms with Crippen LogP contribution in [0.4, 0.5) is 5.69 Å². The number of unbranched alkanes of at least 4 members (excludes halogenated alkanes) is 1. The first-order valence-electron chi connectivity index (χ1n) is 10.5. The van der Waals surface area contributed by atoms with Gasteiger partial charge in [-0.2, -0.15) is 0 Å². The number of nitrogens with two attached hydrogens (primary N) is 2. The SMILES string of the molecule is CCCCNC(=O)C(C)OC(=O)C=Cc1ccc(OC(=O)c2ccc(N=C(N)N)cc2)cc1. The highest BCUT2D eigenvalue weighted by Gasteiger charge is 2.15. The number of carbonyl (C=O) groups excluding carboxylic acids is 3. The Balaban J connectivity index is 1.87. The van der Waals surface area contributed by atoms with Crippen molar-refractivity contribution in [1.82, 2.24) is 5.32 Å². The van der Waals surface area contributed by atoms with Gasteiger partial charge in [0.1, 0.15) is 5.75 Å². The van der Waals surface area contributed by atoms with Gasteiger partial charge >= 0.3 is 11.9 Å². The van der Waals surface area contributed by atoms with Crippen molar-refractivity contribution in [3.8, 4) is 5.75 Å². The Bertz CT molecular complexity index is 1010. The molecule has 1 atom stereocenters. The highest BCUT2D eigenvalue weighted by molar-refractivity contribution is 5.92. The predicted molar refractivity (Wildman–Crippen MR) is 126 cm³/mol. The van der Waals surface area contributed by atoms with Crippen LogP contribution in [-0.4, -0.2) is 36.5 Å². The molecule has 2 rings (SSSR count). The first-order valence-corrected chi connectivity index (χ1v) is 10.5. The van der Waals surface area contributed by atoms with E-state index in [2.05, 4.69) is 10.3 Å². The van der Waals surface area contributed by atoms with E-state index >= 15 is 0 Å². The van der Waals surface area contributed by atoms with Gasteiger partial charge in [-0.1, -0.05) is 25.5 Å². The van der Waals surface area contributed by atoms with Gasteiger partial charge in [0, 0.05) is 12.6 Å². The maximum atomic E-state index is 12.3. The predicted octanol–water partition coefficient (Wildman–Crippen LogP) is 2.67. The highest BCUT2D eigenvalue weighted by atomic mass is 16.5. The number of guanidine groups is 1. The van der Waals surface area contributed by atoms with E-state index in [1.807, 2.05) is 6.92 Å². The van der Waals surface area contributed by atoms with E-state index in [1.165, 1.54) is 19.1 Å². The normalized spacial score (nSPS) is 11.5. The molecule has 0 fully saturated rings. The van der Waals surface area contributed by atoms with Gasteiger partial charge in [0.05, 0.1) is 11.3 Å². The maximum Gasteiger partial charge on any atom is 0.343 e. The molecule has 0 aromatic heterocycles. The number of hydrogen-bond acceptors (Lipinski definition) is 6. The number of amides is 1. The monoisotopic (exact) mass is 452 g/mol. The van der Waals surface area contributed by atoms with Crippen LogP contribution in [0.5, 0.6) is 5.75 Å². The Morgan fingerprint density at radius 1 is 1.06 bits per heavy atom. The number of rotatable bonds is 10. The molecule has 33 heavy (non-hydrogen) atoms. The molecule has 0 radical (unpaired) electrons. The maximum absolute atomic E-state index is 12.3. The first-order chi connectivity index (χ1) is 15.8. The number of nitrogens with zero attached hydrogens (tertiary/aromatic N) is 1. The van der Waals surface area contributed by atoms with Crippen molar-refractivity contribution in [3.63, 3.8) is 0 Å². The van der Waals surface area contributed by atoms with Gasteiger partial charge in [0.15, 0.2) is 12.1 Å². The highest BCUT2D eigenvalue weighted by Crippen LogP contribution is 2.17. The third kappa shape index (κ3) is 8.86. The summed E-state index contributed by atoms with van der Waals surface area (Å²) in [5.41, 5.74) is 12.2. The molecule has 0 aliphatic heterocycles. The number of nitrogens with one attached hydrogen (secondary N) is 1. The molecule has 5 N–H and O–H groups in total. The Kier molecular flexibility index (Phi) is 9.63. The Morgan fingerprint density at radius 3 is 2.33 bits per heavy atom. The van der Waals surface area contributed by atoms with E-state index < -0.39 is 18.0 Å². The Morgan fingerprint density at radius 2 is 1.73 bits per heavy atom. The lowest BCUT2D eigenvalue weighted by Crippen LogP contribution is -2.36. The van der Waals surface area contributed by atoms with E-state index in [0.717, 1.165) is 12.8 Å². The van der Waals surface area contributed by atoms with Crippen LogP contribution in [0.15, 0.2) is 59.6 Å². The average Bonchev–Trinajstić information content (AvgIpc) is 2.78. The standard InChI is InChI=1S/C24H28N4O5/c1-3-4-15-27-22(30)16(2)32-21(29)14-7-17-5-12-20(13-6-17)33-23(31)18-8-10-19(11-9-18)28-24(25)26/h5-14,16H,3-4,15H2,1-2H3,(H,27,30)(H4,25,26,28). The number of benzene rings is 2. The van der Waals surface area contributed by atoms with Gasteiger partial charge < -0.3 is 26.3 Å².